The number of aromatic nitrogens is 3. The maximum absolute atomic E-state index is 12.7. The summed E-state index contributed by atoms with van der Waals surface area (Å²) in [5.74, 6) is 1.40. The molecule has 0 spiro atoms. The van der Waals surface area contributed by atoms with E-state index in [2.05, 4.69) is 15.1 Å². The zero-order valence-corrected chi connectivity index (χ0v) is 14.5. The van der Waals surface area contributed by atoms with Crippen LogP contribution in [0.4, 0.5) is 5.95 Å². The highest BCUT2D eigenvalue weighted by atomic mass is 35.5. The number of halogens is 1. The fraction of sp³-hybridized carbons (Fsp3) is 0.588. The van der Waals surface area contributed by atoms with E-state index in [4.69, 9.17) is 11.6 Å². The van der Waals surface area contributed by atoms with Crippen LogP contribution in [0, 0.1) is 5.92 Å². The average Bonchev–Trinajstić information content (AvgIpc) is 3.07. The molecule has 1 aliphatic heterocycles. The predicted octanol–water partition coefficient (Wildman–Crippen LogP) is 2.61. The number of hydrogen-bond acceptors (Lipinski definition) is 4. The molecule has 0 radical (unpaired) electrons. The number of fused-ring (bicyclic) bond motifs is 1. The van der Waals surface area contributed by atoms with Crippen LogP contribution in [-0.2, 0) is 4.79 Å². The van der Waals surface area contributed by atoms with Crippen molar-refractivity contribution >= 4 is 29.1 Å². The largest absolute Gasteiger partial charge is 0.339 e. The summed E-state index contributed by atoms with van der Waals surface area (Å²) in [6, 6.07) is 3.71. The first-order chi connectivity index (χ1) is 11.7. The summed E-state index contributed by atoms with van der Waals surface area (Å²) < 4.78 is 1.92. The van der Waals surface area contributed by atoms with Crippen LogP contribution in [0.2, 0.25) is 5.02 Å². The van der Waals surface area contributed by atoms with Crippen molar-refractivity contribution in [3.05, 3.63) is 23.4 Å². The molecular formula is C17H22ClN5O. The summed E-state index contributed by atoms with van der Waals surface area (Å²) in [6.45, 7) is 3.08. The molecule has 6 nitrogen and oxygen atoms in total. The van der Waals surface area contributed by atoms with Crippen molar-refractivity contribution in [1.82, 2.24) is 19.5 Å². The molecule has 1 aliphatic carbocycles. The SMILES string of the molecule is O=C(C1CCCCC1)N1CCN(c2nnc3c(Cl)cccn23)CC1. The van der Waals surface area contributed by atoms with Gasteiger partial charge in [-0.1, -0.05) is 30.9 Å². The van der Waals surface area contributed by atoms with E-state index in [0.29, 0.717) is 16.6 Å². The second kappa shape index (κ2) is 6.59. The van der Waals surface area contributed by atoms with Gasteiger partial charge in [-0.3, -0.25) is 9.20 Å². The highest BCUT2D eigenvalue weighted by Crippen LogP contribution is 2.26. The Bertz CT molecular complexity index is 732. The van der Waals surface area contributed by atoms with Crippen LogP contribution < -0.4 is 4.90 Å². The third-order valence-electron chi connectivity index (χ3n) is 5.20. The Labute approximate surface area is 146 Å². The normalized spacial score (nSPS) is 19.9. The summed E-state index contributed by atoms with van der Waals surface area (Å²) in [5, 5.41) is 9.07. The van der Waals surface area contributed by atoms with Gasteiger partial charge in [0, 0.05) is 38.3 Å². The fourth-order valence-corrected chi connectivity index (χ4v) is 4.02. The topological polar surface area (TPSA) is 53.7 Å². The van der Waals surface area contributed by atoms with Crippen molar-refractivity contribution in [3.8, 4) is 0 Å². The summed E-state index contributed by atoms with van der Waals surface area (Å²) in [7, 11) is 0. The molecule has 3 heterocycles. The lowest BCUT2D eigenvalue weighted by molar-refractivity contribution is -0.136. The monoisotopic (exact) mass is 347 g/mol. The van der Waals surface area contributed by atoms with E-state index in [-0.39, 0.29) is 5.92 Å². The van der Waals surface area contributed by atoms with Gasteiger partial charge in [-0.2, -0.15) is 0 Å². The Balaban J connectivity index is 1.44. The van der Waals surface area contributed by atoms with Crippen LogP contribution in [0.25, 0.3) is 5.65 Å². The van der Waals surface area contributed by atoms with Gasteiger partial charge < -0.3 is 9.80 Å². The number of piperazine rings is 1. The Hall–Kier alpha value is -1.82. The number of anilines is 1. The van der Waals surface area contributed by atoms with Gasteiger partial charge in [-0.25, -0.2) is 0 Å². The van der Waals surface area contributed by atoms with Gasteiger partial charge in [0.2, 0.25) is 11.9 Å². The molecule has 0 atom stereocenters. The summed E-state index contributed by atoms with van der Waals surface area (Å²) in [4.78, 5) is 16.9. The smallest absolute Gasteiger partial charge is 0.231 e. The van der Waals surface area contributed by atoms with Gasteiger partial charge in [0.25, 0.3) is 0 Å². The molecule has 128 valence electrons. The first-order valence-electron chi connectivity index (χ1n) is 8.77. The maximum atomic E-state index is 12.7. The van der Waals surface area contributed by atoms with E-state index in [9.17, 15) is 4.79 Å². The number of carbonyl (C=O) groups is 1. The van der Waals surface area contributed by atoms with Crippen LogP contribution in [0.1, 0.15) is 32.1 Å². The highest BCUT2D eigenvalue weighted by molar-refractivity contribution is 6.33. The lowest BCUT2D eigenvalue weighted by Crippen LogP contribution is -2.51. The van der Waals surface area contributed by atoms with Crippen molar-refractivity contribution in [3.63, 3.8) is 0 Å². The molecule has 4 rings (SSSR count). The Kier molecular flexibility index (Phi) is 4.31. The first-order valence-corrected chi connectivity index (χ1v) is 9.15. The molecule has 1 saturated heterocycles. The second-order valence-corrected chi connectivity index (χ2v) is 7.10. The van der Waals surface area contributed by atoms with E-state index in [1.807, 2.05) is 27.6 Å². The van der Waals surface area contributed by atoms with Gasteiger partial charge in [0.1, 0.15) is 0 Å². The number of nitrogens with zero attached hydrogens (tertiary/aromatic N) is 5. The molecule has 2 aliphatic rings. The van der Waals surface area contributed by atoms with E-state index in [1.165, 1.54) is 19.3 Å². The van der Waals surface area contributed by atoms with Crippen molar-refractivity contribution in [2.45, 2.75) is 32.1 Å². The lowest BCUT2D eigenvalue weighted by Gasteiger charge is -2.37. The summed E-state index contributed by atoms with van der Waals surface area (Å²) in [6.07, 6.45) is 7.72. The van der Waals surface area contributed by atoms with E-state index < -0.39 is 0 Å². The van der Waals surface area contributed by atoms with Crippen LogP contribution >= 0.6 is 11.6 Å². The minimum absolute atomic E-state index is 0.248. The highest BCUT2D eigenvalue weighted by Gasteiger charge is 2.29. The second-order valence-electron chi connectivity index (χ2n) is 6.70. The van der Waals surface area contributed by atoms with Crippen LogP contribution in [-0.4, -0.2) is 51.6 Å². The molecular weight excluding hydrogens is 326 g/mol. The third kappa shape index (κ3) is 2.83. The Morgan fingerprint density at radius 1 is 1.08 bits per heavy atom. The summed E-state index contributed by atoms with van der Waals surface area (Å²) >= 11 is 6.17. The van der Waals surface area contributed by atoms with E-state index >= 15 is 0 Å². The molecule has 0 unspecified atom stereocenters. The molecule has 1 amide bonds. The van der Waals surface area contributed by atoms with Crippen molar-refractivity contribution in [2.24, 2.45) is 5.92 Å². The number of hydrogen-bond donors (Lipinski definition) is 0. The van der Waals surface area contributed by atoms with Gasteiger partial charge in [0.05, 0.1) is 5.02 Å². The third-order valence-corrected chi connectivity index (χ3v) is 5.49. The van der Waals surface area contributed by atoms with E-state index in [0.717, 1.165) is 45.0 Å². The van der Waals surface area contributed by atoms with Gasteiger partial charge in [-0.15, -0.1) is 10.2 Å². The van der Waals surface area contributed by atoms with Crippen molar-refractivity contribution < 1.29 is 4.79 Å². The lowest BCUT2D eigenvalue weighted by atomic mass is 9.88. The maximum Gasteiger partial charge on any atom is 0.231 e. The van der Waals surface area contributed by atoms with Gasteiger partial charge >= 0.3 is 0 Å². The predicted molar refractivity (Wildman–Crippen MR) is 93.4 cm³/mol. The minimum atomic E-state index is 0.248. The minimum Gasteiger partial charge on any atom is -0.339 e. The van der Waals surface area contributed by atoms with Crippen molar-refractivity contribution in [1.29, 1.82) is 0 Å². The van der Waals surface area contributed by atoms with Crippen LogP contribution in [0.5, 0.6) is 0 Å². The fourth-order valence-electron chi connectivity index (χ4n) is 3.82. The Morgan fingerprint density at radius 2 is 1.83 bits per heavy atom. The molecule has 0 bridgehead atoms. The molecule has 2 aromatic rings. The average molecular weight is 348 g/mol. The molecule has 7 heteroatoms. The molecule has 2 aromatic heterocycles. The van der Waals surface area contributed by atoms with Crippen molar-refractivity contribution in [2.75, 3.05) is 31.1 Å². The molecule has 2 fully saturated rings. The first kappa shape index (κ1) is 15.7. The number of amides is 1. The summed E-state index contributed by atoms with van der Waals surface area (Å²) in [5.41, 5.74) is 0.676. The van der Waals surface area contributed by atoms with Crippen LogP contribution in [0.3, 0.4) is 0 Å². The molecule has 0 aromatic carbocycles. The molecule has 24 heavy (non-hydrogen) atoms. The standard InChI is InChI=1S/C17H22ClN5O/c18-14-7-4-8-23-15(14)19-20-17(23)22-11-9-21(10-12-22)16(24)13-5-2-1-3-6-13/h4,7-8,13H,1-3,5-6,9-12H2. The Morgan fingerprint density at radius 3 is 2.58 bits per heavy atom. The number of rotatable bonds is 2. The van der Waals surface area contributed by atoms with Gasteiger partial charge in [-0.05, 0) is 25.0 Å². The van der Waals surface area contributed by atoms with Crippen LogP contribution in [0.15, 0.2) is 18.3 Å². The van der Waals surface area contributed by atoms with E-state index in [1.54, 1.807) is 0 Å². The zero-order valence-electron chi connectivity index (χ0n) is 13.7. The number of carbonyl (C=O) groups excluding carboxylic acids is 1. The van der Waals surface area contributed by atoms with Gasteiger partial charge in [0.15, 0.2) is 5.65 Å². The zero-order chi connectivity index (χ0) is 16.5. The number of pyridine rings is 1. The molecule has 1 saturated carbocycles. The quantitative estimate of drug-likeness (QED) is 0.838. The molecule has 0 N–H and O–H groups in total.